The van der Waals surface area contributed by atoms with Gasteiger partial charge in [0.2, 0.25) is 6.33 Å². The van der Waals surface area contributed by atoms with Gasteiger partial charge in [0.05, 0.1) is 74.1 Å². The molecule has 1 aliphatic rings. The number of anilines is 2. The summed E-state index contributed by atoms with van der Waals surface area (Å²) < 4.78 is 42.2. The van der Waals surface area contributed by atoms with Crippen molar-refractivity contribution in [3.63, 3.8) is 0 Å². The van der Waals surface area contributed by atoms with E-state index in [1.165, 1.54) is 26.8 Å². The number of pyridine rings is 1. The summed E-state index contributed by atoms with van der Waals surface area (Å²) in [6, 6.07) is 63.8. The molecule has 0 fully saturated rings. The number of hydrogen-bond donors (Lipinski definition) is 0. The number of benzene rings is 8. The molecule has 0 saturated carbocycles. The van der Waals surface area contributed by atoms with Crippen molar-refractivity contribution in [2.24, 2.45) is 6.98 Å². The summed E-state index contributed by atoms with van der Waals surface area (Å²) in [7, 11) is 0. The molecule has 12 aromatic rings. The van der Waals surface area contributed by atoms with Crippen LogP contribution in [0.3, 0.4) is 0 Å². The molecule has 1 aliphatic heterocycles. The second kappa shape index (κ2) is 20.8. The second-order valence-corrected chi connectivity index (χ2v) is 26.5. The van der Waals surface area contributed by atoms with Gasteiger partial charge >= 0.3 is 21.1 Å². The van der Waals surface area contributed by atoms with Crippen LogP contribution >= 0.6 is 0 Å². The predicted molar refractivity (Wildman–Crippen MR) is 346 cm³/mol. The first kappa shape index (κ1) is 52.5. The molecule has 0 spiro atoms. The van der Waals surface area contributed by atoms with Gasteiger partial charge in [-0.05, 0) is 140 Å². The van der Waals surface area contributed by atoms with Gasteiger partial charge in [-0.2, -0.15) is 12.1 Å². The standard InChI is InChI=1S/C76H73N6O.Pt/c1-73(2,3)50-32-36-63-58(42-50)59-43-51(74(4,5)6)33-37-64(59)81(63)67-28-20-29-68(82-65-38-34-52(75(7,8)9)44-60(65)61-45-53(76(10,11)12)35-39-66(61)82)71(67)57-26-19-30-69-72(57)78(13)48-80(69)54-23-18-24-55(46-54)83-41-21-22-49-47-79(70-31-16-17-40-77-70)62-27-15-14-25-56(49)62;/h14-45H,47H2,1-13H3;/q-1;+2/b41-21+,49-22+;/i13D3;. The summed E-state index contributed by atoms with van der Waals surface area (Å²) in [5.41, 5.74) is 17.3. The SMILES string of the molecule is [2H]C([2H])([2H])[n+]1[c-]n(-c2[c-]c(O/C=C/C=C3\CN(c4ccccn4)c4ccccc43)ccc2)c2cccc(-c3c(-n4c5ccc(C(C)(C)C)cc5c5cc(C(C)(C)C)ccc54)cccc3-n3c4ccc(C(C)(C)C)cc4c4cc(C(C)(C)C)ccc43)c21.[Pt+2]. The van der Waals surface area contributed by atoms with Gasteiger partial charge in [-0.15, -0.1) is 12.1 Å². The number of hydrogen-bond acceptors (Lipinski definition) is 3. The van der Waals surface area contributed by atoms with Crippen molar-refractivity contribution in [2.45, 2.75) is 105 Å². The molecule has 13 rings (SSSR count). The van der Waals surface area contributed by atoms with Crippen LogP contribution in [0.1, 0.15) is 115 Å². The van der Waals surface area contributed by atoms with Gasteiger partial charge < -0.3 is 27.9 Å². The number of imidazole rings is 1. The van der Waals surface area contributed by atoms with E-state index in [1.54, 1.807) is 10.8 Å². The minimum Gasteiger partial charge on any atom is -0.492 e. The average Bonchev–Trinajstić information content (AvgIpc) is 1.61. The molecular weight excluding hydrogens is 1210 g/mol. The summed E-state index contributed by atoms with van der Waals surface area (Å²) in [6.07, 6.45) is 10.8. The number of para-hydroxylation sites is 2. The van der Waals surface area contributed by atoms with Gasteiger partial charge in [0.15, 0.2) is 0 Å². The van der Waals surface area contributed by atoms with Gasteiger partial charge in [-0.1, -0.05) is 168 Å². The molecule has 4 aromatic heterocycles. The summed E-state index contributed by atoms with van der Waals surface area (Å²) in [5.74, 6) is 1.35. The van der Waals surface area contributed by atoms with E-state index in [2.05, 4.69) is 242 Å². The molecule has 422 valence electrons. The van der Waals surface area contributed by atoms with Gasteiger partial charge in [0.1, 0.15) is 5.82 Å². The van der Waals surface area contributed by atoms with Crippen LogP contribution in [0.15, 0.2) is 194 Å². The second-order valence-electron chi connectivity index (χ2n) is 26.5. The van der Waals surface area contributed by atoms with E-state index >= 15 is 0 Å². The van der Waals surface area contributed by atoms with Crippen molar-refractivity contribution in [2.75, 3.05) is 11.4 Å². The van der Waals surface area contributed by atoms with Gasteiger partial charge in [0.25, 0.3) is 0 Å². The zero-order valence-corrected chi connectivity index (χ0v) is 52.4. The first-order chi connectivity index (χ1) is 40.8. The molecule has 8 aromatic carbocycles. The molecule has 7 nitrogen and oxygen atoms in total. The van der Waals surface area contributed by atoms with E-state index in [0.29, 0.717) is 29.0 Å². The fraction of sp³-hybridized carbons (Fsp3) is 0.237. The van der Waals surface area contributed by atoms with Crippen LogP contribution in [0.25, 0.3) is 88.4 Å². The van der Waals surface area contributed by atoms with Crippen LogP contribution in [0.5, 0.6) is 5.75 Å². The first-order valence-electron chi connectivity index (χ1n) is 30.5. The maximum absolute atomic E-state index is 9.31. The zero-order valence-electron chi connectivity index (χ0n) is 53.1. The smallest absolute Gasteiger partial charge is 0.492 e. The van der Waals surface area contributed by atoms with E-state index in [1.807, 2.05) is 60.8 Å². The minimum absolute atomic E-state index is 0. The van der Waals surface area contributed by atoms with Gasteiger partial charge in [0, 0.05) is 44.6 Å². The third-order valence-corrected chi connectivity index (χ3v) is 16.8. The van der Waals surface area contributed by atoms with Crippen molar-refractivity contribution in [1.82, 2.24) is 18.7 Å². The molecule has 8 heteroatoms. The molecule has 0 N–H and O–H groups in total. The predicted octanol–water partition coefficient (Wildman–Crippen LogP) is 18.6. The normalized spacial score (nSPS) is 14.5. The number of nitrogens with zero attached hydrogens (tertiary/aromatic N) is 6. The monoisotopic (exact) mass is 1280 g/mol. The minimum atomic E-state index is -2.65. The van der Waals surface area contributed by atoms with Crippen molar-refractivity contribution in [3.8, 4) is 33.9 Å². The third-order valence-electron chi connectivity index (χ3n) is 16.8. The van der Waals surface area contributed by atoms with Crippen molar-refractivity contribution in [1.29, 1.82) is 0 Å². The van der Waals surface area contributed by atoms with Gasteiger partial charge in [-0.25, -0.2) is 4.98 Å². The van der Waals surface area contributed by atoms with Crippen LogP contribution in [0, 0.1) is 12.4 Å². The molecular formula is C76H73N6OPt+. The van der Waals surface area contributed by atoms with Crippen molar-refractivity contribution < 1.29 is 34.5 Å². The maximum Gasteiger partial charge on any atom is 2.00 e. The Labute approximate surface area is 513 Å². The van der Waals surface area contributed by atoms with Gasteiger partial charge in [-0.3, -0.25) is 0 Å². The number of aromatic nitrogens is 5. The van der Waals surface area contributed by atoms with E-state index < -0.39 is 6.98 Å². The molecule has 0 saturated heterocycles. The topological polar surface area (TPSA) is 44.0 Å². The average molecular weight is 1280 g/mol. The molecule has 5 heterocycles. The molecule has 0 radical (unpaired) electrons. The quantitative estimate of drug-likeness (QED) is 0.0865. The van der Waals surface area contributed by atoms with E-state index in [-0.39, 0.29) is 42.7 Å². The molecule has 0 amide bonds. The Balaban J connectivity index is 0.00000739. The fourth-order valence-corrected chi connectivity index (χ4v) is 12.2. The molecule has 0 aliphatic carbocycles. The van der Waals surface area contributed by atoms with Crippen LogP contribution in [0.4, 0.5) is 11.5 Å². The van der Waals surface area contributed by atoms with E-state index in [4.69, 9.17) is 4.74 Å². The Hall–Kier alpha value is -8.25. The summed E-state index contributed by atoms with van der Waals surface area (Å²) in [5, 5.41) is 4.64. The Morgan fingerprint density at radius 3 is 1.52 bits per heavy atom. The molecule has 0 atom stereocenters. The Bertz CT molecular complexity index is 4430. The number of ether oxygens (including phenoxy) is 1. The van der Waals surface area contributed by atoms with E-state index in [0.717, 1.165) is 88.8 Å². The Kier molecular flexibility index (Phi) is 13.0. The maximum atomic E-state index is 9.31. The first-order valence-corrected chi connectivity index (χ1v) is 29.0. The fourth-order valence-electron chi connectivity index (χ4n) is 12.2. The van der Waals surface area contributed by atoms with E-state index in [9.17, 15) is 4.11 Å². The molecule has 0 unspecified atom stereocenters. The zero-order chi connectivity index (χ0) is 60.4. The number of fused-ring (bicyclic) bond motifs is 8. The van der Waals surface area contributed by atoms with Crippen LogP contribution in [0.2, 0.25) is 0 Å². The third kappa shape index (κ3) is 9.78. The van der Waals surface area contributed by atoms with Crippen LogP contribution < -0.4 is 14.2 Å². The number of aryl methyl sites for hydroxylation is 1. The molecule has 84 heavy (non-hydrogen) atoms. The number of rotatable bonds is 8. The Morgan fingerprint density at radius 2 is 1.01 bits per heavy atom. The summed E-state index contributed by atoms with van der Waals surface area (Å²) in [6.45, 7) is 25.2. The van der Waals surface area contributed by atoms with Crippen LogP contribution in [-0.4, -0.2) is 25.2 Å². The Morgan fingerprint density at radius 1 is 0.524 bits per heavy atom. The summed E-state index contributed by atoms with van der Waals surface area (Å²) in [4.78, 5) is 6.85. The molecule has 0 bridgehead atoms. The largest absolute Gasteiger partial charge is 2.00 e. The van der Waals surface area contributed by atoms with Crippen LogP contribution in [-0.2, 0) is 49.7 Å². The summed E-state index contributed by atoms with van der Waals surface area (Å²) >= 11 is 0. The van der Waals surface area contributed by atoms with Crippen molar-refractivity contribution >= 4 is 71.7 Å². The number of allylic oxidation sites excluding steroid dienone is 2. The van der Waals surface area contributed by atoms with Crippen molar-refractivity contribution in [3.05, 3.63) is 235 Å².